The highest BCUT2D eigenvalue weighted by atomic mass is 16.3. The van der Waals surface area contributed by atoms with Gasteiger partial charge in [-0.15, -0.1) is 0 Å². The molecular formula is C15H17N3O2. The molecule has 0 aliphatic carbocycles. The minimum absolute atomic E-state index is 0.0387. The fourth-order valence-corrected chi connectivity index (χ4v) is 1.86. The lowest BCUT2D eigenvalue weighted by Crippen LogP contribution is -2.28. The van der Waals surface area contributed by atoms with Crippen LogP contribution < -0.4 is 10.6 Å². The molecule has 1 aromatic heterocycles. The van der Waals surface area contributed by atoms with Crippen molar-refractivity contribution in [1.29, 1.82) is 0 Å². The molecule has 2 aromatic rings. The number of aliphatic hydroxyl groups is 1. The second kappa shape index (κ2) is 6.68. The highest BCUT2D eigenvalue weighted by Crippen LogP contribution is 2.09. The lowest BCUT2D eigenvalue weighted by atomic mass is 10.1. The Morgan fingerprint density at radius 2 is 2.00 bits per heavy atom. The first kappa shape index (κ1) is 14.0. The molecule has 1 aromatic carbocycles. The van der Waals surface area contributed by atoms with Gasteiger partial charge in [-0.3, -0.25) is 4.98 Å². The molecule has 20 heavy (non-hydrogen) atoms. The zero-order valence-corrected chi connectivity index (χ0v) is 11.3. The average molecular weight is 271 g/mol. The molecule has 0 radical (unpaired) electrons. The van der Waals surface area contributed by atoms with E-state index in [1.165, 1.54) is 0 Å². The molecule has 0 spiro atoms. The topological polar surface area (TPSA) is 74.2 Å². The van der Waals surface area contributed by atoms with E-state index in [0.717, 1.165) is 16.8 Å². The van der Waals surface area contributed by atoms with Crippen molar-refractivity contribution in [2.45, 2.75) is 20.1 Å². The molecule has 0 aliphatic rings. The Hall–Kier alpha value is -2.40. The van der Waals surface area contributed by atoms with E-state index in [2.05, 4.69) is 15.6 Å². The van der Waals surface area contributed by atoms with E-state index in [1.807, 2.05) is 31.2 Å². The summed E-state index contributed by atoms with van der Waals surface area (Å²) in [5.41, 5.74) is 3.25. The zero-order valence-electron chi connectivity index (χ0n) is 11.3. The predicted octanol–water partition coefficient (Wildman–Crippen LogP) is 2.20. The molecule has 104 valence electrons. The molecule has 0 bridgehead atoms. The number of urea groups is 1. The van der Waals surface area contributed by atoms with Gasteiger partial charge in [0, 0.05) is 24.1 Å². The fraction of sp³-hybridized carbons (Fsp3) is 0.200. The molecule has 2 amide bonds. The van der Waals surface area contributed by atoms with Crippen LogP contribution in [0.1, 0.15) is 16.8 Å². The number of anilines is 1. The van der Waals surface area contributed by atoms with E-state index < -0.39 is 0 Å². The van der Waals surface area contributed by atoms with Crippen LogP contribution in [0.3, 0.4) is 0 Å². The quantitative estimate of drug-likeness (QED) is 0.798. The first-order valence-corrected chi connectivity index (χ1v) is 6.34. The van der Waals surface area contributed by atoms with Crippen molar-refractivity contribution in [3.63, 3.8) is 0 Å². The Bertz CT molecular complexity index is 599. The number of pyridine rings is 1. The maximum atomic E-state index is 11.8. The summed E-state index contributed by atoms with van der Waals surface area (Å²) in [6.07, 6.45) is 1.64. The summed E-state index contributed by atoms with van der Waals surface area (Å²) in [4.78, 5) is 15.9. The largest absolute Gasteiger partial charge is 0.392 e. The second-order valence-corrected chi connectivity index (χ2v) is 4.42. The number of carbonyl (C=O) groups is 1. The van der Waals surface area contributed by atoms with Crippen LogP contribution in [0.15, 0.2) is 42.6 Å². The maximum absolute atomic E-state index is 11.8. The number of hydrogen-bond acceptors (Lipinski definition) is 3. The van der Waals surface area contributed by atoms with Gasteiger partial charge in [-0.1, -0.05) is 24.3 Å². The third-order valence-corrected chi connectivity index (χ3v) is 2.88. The van der Waals surface area contributed by atoms with Gasteiger partial charge in [0.1, 0.15) is 0 Å². The highest BCUT2D eigenvalue weighted by Gasteiger charge is 2.04. The summed E-state index contributed by atoms with van der Waals surface area (Å²) in [6, 6.07) is 10.7. The summed E-state index contributed by atoms with van der Waals surface area (Å²) < 4.78 is 0. The third-order valence-electron chi connectivity index (χ3n) is 2.88. The fourth-order valence-electron chi connectivity index (χ4n) is 1.86. The maximum Gasteiger partial charge on any atom is 0.319 e. The molecule has 0 saturated heterocycles. The van der Waals surface area contributed by atoms with Crippen molar-refractivity contribution in [2.75, 3.05) is 5.32 Å². The van der Waals surface area contributed by atoms with Gasteiger partial charge >= 0.3 is 6.03 Å². The van der Waals surface area contributed by atoms with Gasteiger partial charge in [0.15, 0.2) is 0 Å². The first-order chi connectivity index (χ1) is 9.69. The Labute approximate surface area is 117 Å². The first-order valence-electron chi connectivity index (χ1n) is 6.34. The van der Waals surface area contributed by atoms with Crippen LogP contribution in [0.25, 0.3) is 0 Å². The van der Waals surface area contributed by atoms with Crippen molar-refractivity contribution >= 4 is 11.7 Å². The second-order valence-electron chi connectivity index (χ2n) is 4.42. The number of hydrogen-bond donors (Lipinski definition) is 3. The van der Waals surface area contributed by atoms with Crippen molar-refractivity contribution < 1.29 is 9.90 Å². The van der Waals surface area contributed by atoms with E-state index in [9.17, 15) is 9.90 Å². The van der Waals surface area contributed by atoms with Gasteiger partial charge in [0.25, 0.3) is 0 Å². The lowest BCUT2D eigenvalue weighted by Gasteiger charge is -2.10. The van der Waals surface area contributed by atoms with Crippen molar-refractivity contribution in [3.05, 3.63) is 59.4 Å². The van der Waals surface area contributed by atoms with Gasteiger partial charge in [-0.05, 0) is 30.2 Å². The molecule has 5 nitrogen and oxygen atoms in total. The van der Waals surface area contributed by atoms with Crippen LogP contribution >= 0.6 is 0 Å². The van der Waals surface area contributed by atoms with Gasteiger partial charge in [0.05, 0.1) is 6.61 Å². The minimum atomic E-state index is -0.289. The van der Waals surface area contributed by atoms with Gasteiger partial charge in [-0.25, -0.2) is 4.79 Å². The van der Waals surface area contributed by atoms with Gasteiger partial charge in [0.2, 0.25) is 0 Å². The lowest BCUT2D eigenvalue weighted by molar-refractivity contribution is 0.251. The molecule has 0 aliphatic heterocycles. The van der Waals surface area contributed by atoms with Crippen LogP contribution in [0.4, 0.5) is 10.5 Å². The molecule has 0 atom stereocenters. The normalized spacial score (nSPS) is 10.1. The number of nitrogens with zero attached hydrogens (tertiary/aromatic N) is 1. The summed E-state index contributed by atoms with van der Waals surface area (Å²) >= 11 is 0. The molecule has 0 saturated carbocycles. The van der Waals surface area contributed by atoms with Crippen molar-refractivity contribution in [2.24, 2.45) is 0 Å². The number of aliphatic hydroxyl groups excluding tert-OH is 1. The molecule has 3 N–H and O–H groups in total. The number of nitrogens with one attached hydrogen (secondary N) is 2. The van der Waals surface area contributed by atoms with Crippen LogP contribution in [0.5, 0.6) is 0 Å². The van der Waals surface area contributed by atoms with Gasteiger partial charge < -0.3 is 15.7 Å². The van der Waals surface area contributed by atoms with Gasteiger partial charge in [-0.2, -0.15) is 0 Å². The number of aromatic nitrogens is 1. The molecule has 5 heteroatoms. The Morgan fingerprint density at radius 1 is 1.25 bits per heavy atom. The van der Waals surface area contributed by atoms with Crippen molar-refractivity contribution in [1.82, 2.24) is 10.3 Å². The van der Waals surface area contributed by atoms with Crippen LogP contribution in [0.2, 0.25) is 0 Å². The summed E-state index contributed by atoms with van der Waals surface area (Å²) in [7, 11) is 0. The molecule has 1 heterocycles. The standard InChI is InChI=1S/C15H17N3O2/c1-11-8-14(6-7-16-11)18-15(20)17-9-12-4-2-3-5-13(12)10-19/h2-8,19H,9-10H2,1H3,(H2,16,17,18,20). The van der Waals surface area contributed by atoms with E-state index in [-0.39, 0.29) is 12.6 Å². The third kappa shape index (κ3) is 3.80. The number of amides is 2. The van der Waals surface area contributed by atoms with Crippen LogP contribution in [0, 0.1) is 6.92 Å². The Morgan fingerprint density at radius 3 is 2.70 bits per heavy atom. The van der Waals surface area contributed by atoms with E-state index >= 15 is 0 Å². The average Bonchev–Trinajstić information content (AvgIpc) is 2.45. The number of aryl methyl sites for hydroxylation is 1. The molecule has 2 rings (SSSR count). The smallest absolute Gasteiger partial charge is 0.319 e. The Kier molecular flexibility index (Phi) is 4.68. The Balaban J connectivity index is 1.92. The number of carbonyl (C=O) groups excluding carboxylic acids is 1. The molecular weight excluding hydrogens is 254 g/mol. The highest BCUT2D eigenvalue weighted by molar-refractivity contribution is 5.89. The monoisotopic (exact) mass is 271 g/mol. The van der Waals surface area contributed by atoms with Crippen LogP contribution in [-0.2, 0) is 13.2 Å². The van der Waals surface area contributed by atoms with Crippen molar-refractivity contribution in [3.8, 4) is 0 Å². The summed E-state index contributed by atoms with van der Waals surface area (Å²) in [5.74, 6) is 0. The predicted molar refractivity (Wildman–Crippen MR) is 77.2 cm³/mol. The zero-order chi connectivity index (χ0) is 14.4. The number of benzene rings is 1. The summed E-state index contributed by atoms with van der Waals surface area (Å²) in [5, 5.41) is 14.7. The summed E-state index contributed by atoms with van der Waals surface area (Å²) in [6.45, 7) is 2.19. The van der Waals surface area contributed by atoms with E-state index in [0.29, 0.717) is 12.2 Å². The SMILES string of the molecule is Cc1cc(NC(=O)NCc2ccccc2CO)ccn1. The number of rotatable bonds is 4. The molecule has 0 fully saturated rings. The van der Waals surface area contributed by atoms with Crippen LogP contribution in [-0.4, -0.2) is 16.1 Å². The minimum Gasteiger partial charge on any atom is -0.392 e. The molecule has 0 unspecified atom stereocenters. The van der Waals surface area contributed by atoms with E-state index in [4.69, 9.17) is 0 Å². The van der Waals surface area contributed by atoms with E-state index in [1.54, 1.807) is 18.3 Å².